The molecule has 1 N–H and O–H groups in total. The molecule has 142 valence electrons. The van der Waals surface area contributed by atoms with Gasteiger partial charge in [-0.15, -0.1) is 0 Å². The number of benzene rings is 2. The predicted molar refractivity (Wildman–Crippen MR) is 105 cm³/mol. The van der Waals surface area contributed by atoms with Crippen molar-refractivity contribution in [3.63, 3.8) is 0 Å². The monoisotopic (exact) mass is 407 g/mol. The molecule has 1 amide bonds. The number of thioether (sulfide) groups is 1. The number of sulfonamides is 1. The molecule has 1 heterocycles. The molecular formula is C18H18FN3O3S2. The van der Waals surface area contributed by atoms with Gasteiger partial charge in [0, 0.05) is 18.4 Å². The Kier molecular flexibility index (Phi) is 5.81. The van der Waals surface area contributed by atoms with Crippen molar-refractivity contribution in [1.82, 2.24) is 4.31 Å². The van der Waals surface area contributed by atoms with Gasteiger partial charge in [-0.3, -0.25) is 9.79 Å². The average Bonchev–Trinajstić information content (AvgIpc) is 3.09. The molecule has 0 atom stereocenters. The van der Waals surface area contributed by atoms with Gasteiger partial charge in [0.25, 0.3) is 10.0 Å². The number of rotatable bonds is 5. The zero-order chi connectivity index (χ0) is 19.4. The van der Waals surface area contributed by atoms with Gasteiger partial charge in [0.1, 0.15) is 5.82 Å². The Bertz CT molecular complexity index is 976. The summed E-state index contributed by atoms with van der Waals surface area (Å²) in [6, 6.07) is 12.2. The molecule has 1 aliphatic heterocycles. The van der Waals surface area contributed by atoms with Crippen LogP contribution in [0.4, 0.5) is 10.1 Å². The molecule has 3 rings (SSSR count). The summed E-state index contributed by atoms with van der Waals surface area (Å²) in [5.74, 6) is -0.136. The van der Waals surface area contributed by atoms with Crippen molar-refractivity contribution in [2.24, 2.45) is 4.99 Å². The van der Waals surface area contributed by atoms with E-state index in [9.17, 15) is 17.6 Å². The second-order valence-electron chi connectivity index (χ2n) is 5.87. The Balaban J connectivity index is 1.73. The van der Waals surface area contributed by atoms with Crippen molar-refractivity contribution in [3.8, 4) is 0 Å². The lowest BCUT2D eigenvalue weighted by Crippen LogP contribution is -2.32. The summed E-state index contributed by atoms with van der Waals surface area (Å²) in [6.07, 6.45) is 0. The number of anilines is 1. The van der Waals surface area contributed by atoms with Gasteiger partial charge in [-0.1, -0.05) is 23.9 Å². The van der Waals surface area contributed by atoms with Crippen LogP contribution in [0, 0.1) is 5.82 Å². The molecule has 0 radical (unpaired) electrons. The molecule has 0 spiro atoms. The SMILES string of the molecule is CC(=O)Nc1ccc(S(=O)(=O)N2CCN=C2SCc2cccc(F)c2)cc1. The van der Waals surface area contributed by atoms with E-state index in [1.807, 2.05) is 0 Å². The van der Waals surface area contributed by atoms with E-state index < -0.39 is 10.0 Å². The predicted octanol–water partition coefficient (Wildman–Crippen LogP) is 3.08. The number of hydrogen-bond acceptors (Lipinski definition) is 5. The summed E-state index contributed by atoms with van der Waals surface area (Å²) in [4.78, 5) is 15.5. The fourth-order valence-corrected chi connectivity index (χ4v) is 5.23. The minimum absolute atomic E-state index is 0.123. The van der Waals surface area contributed by atoms with Crippen LogP contribution in [0.3, 0.4) is 0 Å². The Labute approximate surface area is 161 Å². The first-order chi connectivity index (χ1) is 12.9. The molecule has 9 heteroatoms. The van der Waals surface area contributed by atoms with Crippen LogP contribution < -0.4 is 5.32 Å². The van der Waals surface area contributed by atoms with Crippen molar-refractivity contribution < 1.29 is 17.6 Å². The van der Waals surface area contributed by atoms with E-state index in [0.717, 1.165) is 5.56 Å². The van der Waals surface area contributed by atoms with Gasteiger partial charge in [-0.05, 0) is 42.0 Å². The van der Waals surface area contributed by atoms with Crippen molar-refractivity contribution in [2.75, 3.05) is 18.4 Å². The number of amidine groups is 1. The number of amides is 1. The van der Waals surface area contributed by atoms with Gasteiger partial charge in [0.15, 0.2) is 5.17 Å². The molecule has 27 heavy (non-hydrogen) atoms. The molecular weight excluding hydrogens is 389 g/mol. The smallest absolute Gasteiger partial charge is 0.265 e. The van der Waals surface area contributed by atoms with E-state index in [2.05, 4.69) is 10.3 Å². The fraction of sp³-hybridized carbons (Fsp3) is 0.222. The summed E-state index contributed by atoms with van der Waals surface area (Å²) < 4.78 is 40.4. The number of nitrogens with one attached hydrogen (secondary N) is 1. The maximum Gasteiger partial charge on any atom is 0.265 e. The molecule has 0 saturated heterocycles. The number of halogens is 1. The van der Waals surface area contributed by atoms with Crippen LogP contribution in [0.2, 0.25) is 0 Å². The van der Waals surface area contributed by atoms with E-state index in [-0.39, 0.29) is 23.2 Å². The highest BCUT2D eigenvalue weighted by molar-refractivity contribution is 8.14. The maximum absolute atomic E-state index is 13.3. The number of aliphatic imine (C=N–C) groups is 1. The van der Waals surface area contributed by atoms with E-state index in [1.54, 1.807) is 24.3 Å². The molecule has 2 aromatic carbocycles. The molecule has 2 aromatic rings. The van der Waals surface area contributed by atoms with Crippen molar-refractivity contribution >= 4 is 38.5 Å². The summed E-state index contributed by atoms with van der Waals surface area (Å²) in [5.41, 5.74) is 1.28. The zero-order valence-electron chi connectivity index (χ0n) is 14.6. The van der Waals surface area contributed by atoms with Crippen LogP contribution in [0.25, 0.3) is 0 Å². The van der Waals surface area contributed by atoms with Crippen LogP contribution in [-0.4, -0.2) is 36.9 Å². The van der Waals surface area contributed by atoms with Gasteiger partial charge >= 0.3 is 0 Å². The standard InChI is InChI=1S/C18H18FN3O3S2/c1-13(23)21-16-5-7-17(8-6-16)27(24,25)22-10-9-20-18(22)26-12-14-3-2-4-15(19)11-14/h2-8,11H,9-10,12H2,1H3,(H,21,23). The Hall–Kier alpha value is -2.39. The third kappa shape index (κ3) is 4.67. The Morgan fingerprint density at radius 2 is 2.00 bits per heavy atom. The molecule has 0 unspecified atom stereocenters. The third-order valence-electron chi connectivity index (χ3n) is 3.78. The topological polar surface area (TPSA) is 78.8 Å². The number of nitrogens with zero attached hydrogens (tertiary/aromatic N) is 2. The highest BCUT2D eigenvalue weighted by Gasteiger charge is 2.30. The van der Waals surface area contributed by atoms with Gasteiger partial charge in [0.2, 0.25) is 5.91 Å². The van der Waals surface area contributed by atoms with Gasteiger partial charge < -0.3 is 5.32 Å². The summed E-state index contributed by atoms with van der Waals surface area (Å²) in [5, 5.41) is 2.99. The first kappa shape index (κ1) is 19.4. The first-order valence-electron chi connectivity index (χ1n) is 8.18. The summed E-state index contributed by atoms with van der Waals surface area (Å²) >= 11 is 1.26. The van der Waals surface area contributed by atoms with Crippen molar-refractivity contribution in [1.29, 1.82) is 0 Å². The molecule has 0 aromatic heterocycles. The molecule has 6 nitrogen and oxygen atoms in total. The van der Waals surface area contributed by atoms with Crippen LogP contribution >= 0.6 is 11.8 Å². The zero-order valence-corrected chi connectivity index (χ0v) is 16.2. The van der Waals surface area contributed by atoms with Crippen LogP contribution in [0.1, 0.15) is 12.5 Å². The maximum atomic E-state index is 13.3. The second-order valence-corrected chi connectivity index (χ2v) is 8.67. The average molecular weight is 407 g/mol. The van der Waals surface area contributed by atoms with Gasteiger partial charge in [-0.2, -0.15) is 0 Å². The third-order valence-corrected chi connectivity index (χ3v) is 6.79. The van der Waals surface area contributed by atoms with Crippen LogP contribution in [0.5, 0.6) is 0 Å². The van der Waals surface area contributed by atoms with E-state index >= 15 is 0 Å². The summed E-state index contributed by atoms with van der Waals surface area (Å²) in [6.45, 7) is 2.03. The Morgan fingerprint density at radius 1 is 1.26 bits per heavy atom. The second kappa shape index (κ2) is 8.10. The number of hydrogen-bond donors (Lipinski definition) is 1. The lowest BCUT2D eigenvalue weighted by Gasteiger charge is -2.20. The molecule has 0 saturated carbocycles. The largest absolute Gasteiger partial charge is 0.326 e. The highest BCUT2D eigenvalue weighted by atomic mass is 32.2. The lowest BCUT2D eigenvalue weighted by atomic mass is 10.2. The quantitative estimate of drug-likeness (QED) is 0.826. The fourth-order valence-electron chi connectivity index (χ4n) is 2.57. The first-order valence-corrected chi connectivity index (χ1v) is 10.6. The van der Waals surface area contributed by atoms with E-state index in [0.29, 0.717) is 23.2 Å². The molecule has 1 aliphatic rings. The van der Waals surface area contributed by atoms with Crippen LogP contribution in [0.15, 0.2) is 58.4 Å². The van der Waals surface area contributed by atoms with Crippen LogP contribution in [-0.2, 0) is 20.6 Å². The van der Waals surface area contributed by atoms with Crippen molar-refractivity contribution in [3.05, 3.63) is 59.9 Å². The Morgan fingerprint density at radius 3 is 2.67 bits per heavy atom. The molecule has 0 bridgehead atoms. The van der Waals surface area contributed by atoms with E-state index in [1.165, 1.54) is 47.3 Å². The minimum atomic E-state index is -3.75. The molecule has 0 fully saturated rings. The van der Waals surface area contributed by atoms with Crippen molar-refractivity contribution in [2.45, 2.75) is 17.6 Å². The minimum Gasteiger partial charge on any atom is -0.326 e. The summed E-state index contributed by atoms with van der Waals surface area (Å²) in [7, 11) is -3.75. The molecule has 0 aliphatic carbocycles. The van der Waals surface area contributed by atoms with Gasteiger partial charge in [-0.25, -0.2) is 17.1 Å². The number of carbonyl (C=O) groups is 1. The van der Waals surface area contributed by atoms with E-state index in [4.69, 9.17) is 0 Å². The lowest BCUT2D eigenvalue weighted by molar-refractivity contribution is -0.114. The van der Waals surface area contributed by atoms with Gasteiger partial charge in [0.05, 0.1) is 18.0 Å². The highest BCUT2D eigenvalue weighted by Crippen LogP contribution is 2.26. The number of carbonyl (C=O) groups excluding carboxylic acids is 1. The normalized spacial score (nSPS) is 14.1.